The predicted molar refractivity (Wildman–Crippen MR) is 113 cm³/mol. The molecule has 1 saturated carbocycles. The lowest BCUT2D eigenvalue weighted by Gasteiger charge is -2.48. The first kappa shape index (κ1) is 22.6. The van der Waals surface area contributed by atoms with Crippen LogP contribution in [0.5, 0.6) is 5.75 Å². The Bertz CT molecular complexity index is 976. The number of hydrogen-bond donors (Lipinski definition) is 3. The highest BCUT2D eigenvalue weighted by Gasteiger charge is 2.45. The summed E-state index contributed by atoms with van der Waals surface area (Å²) in [6.45, 7) is 1.45. The number of benzene rings is 2. The number of amides is 1. The number of carbonyl (C=O) groups excluding carboxylic acids is 1. The van der Waals surface area contributed by atoms with E-state index in [4.69, 9.17) is 4.74 Å². The summed E-state index contributed by atoms with van der Waals surface area (Å²) < 4.78 is 47.0. The topological polar surface area (TPSA) is 70.6 Å². The smallest absolute Gasteiger partial charge is 0.217 e. The number of ether oxygens (including phenoxy) is 1. The summed E-state index contributed by atoms with van der Waals surface area (Å²) in [6, 6.07) is 6.69. The van der Waals surface area contributed by atoms with Gasteiger partial charge >= 0.3 is 0 Å². The average molecular weight is 448 g/mol. The van der Waals surface area contributed by atoms with Crippen molar-refractivity contribution in [1.82, 2.24) is 10.6 Å². The molecule has 0 unspecified atom stereocenters. The minimum Gasteiger partial charge on any atom is -0.487 e. The molecule has 2 aromatic carbocycles. The van der Waals surface area contributed by atoms with Gasteiger partial charge in [0.2, 0.25) is 5.91 Å². The van der Waals surface area contributed by atoms with Crippen LogP contribution < -0.4 is 15.4 Å². The van der Waals surface area contributed by atoms with Gasteiger partial charge in [0.1, 0.15) is 28.8 Å². The quantitative estimate of drug-likeness (QED) is 0.606. The van der Waals surface area contributed by atoms with Crippen LogP contribution in [0.2, 0.25) is 0 Å². The Morgan fingerprint density at radius 2 is 1.88 bits per heavy atom. The molecule has 0 bridgehead atoms. The molecule has 2 aliphatic rings. The number of fused-ring (bicyclic) bond motifs is 1. The monoisotopic (exact) mass is 448 g/mol. The maximum absolute atomic E-state index is 13.8. The lowest BCUT2D eigenvalue weighted by Crippen LogP contribution is -2.52. The molecular weight excluding hydrogens is 421 g/mol. The van der Waals surface area contributed by atoms with Gasteiger partial charge in [-0.2, -0.15) is 0 Å². The molecule has 1 aliphatic heterocycles. The normalized spacial score (nSPS) is 20.6. The van der Waals surface area contributed by atoms with Crippen molar-refractivity contribution in [2.45, 2.75) is 62.8 Å². The Kier molecular flexibility index (Phi) is 6.44. The van der Waals surface area contributed by atoms with Gasteiger partial charge in [-0.05, 0) is 49.4 Å². The molecule has 5 nitrogen and oxygen atoms in total. The predicted octanol–water partition coefficient (Wildman–Crippen LogP) is 3.55. The van der Waals surface area contributed by atoms with Gasteiger partial charge < -0.3 is 20.5 Å². The Morgan fingerprint density at radius 1 is 1.16 bits per heavy atom. The number of nitrogens with one attached hydrogen (secondary N) is 2. The molecule has 1 aliphatic carbocycles. The maximum Gasteiger partial charge on any atom is 0.217 e. The van der Waals surface area contributed by atoms with Crippen LogP contribution in [-0.4, -0.2) is 35.3 Å². The Balaban J connectivity index is 1.47. The van der Waals surface area contributed by atoms with E-state index in [1.165, 1.54) is 31.2 Å². The van der Waals surface area contributed by atoms with Crippen LogP contribution in [0.15, 0.2) is 36.4 Å². The Labute approximate surface area is 185 Å². The molecule has 1 heterocycles. The second-order valence-electron chi connectivity index (χ2n) is 8.84. The zero-order valence-corrected chi connectivity index (χ0v) is 17.8. The fourth-order valence-corrected chi connectivity index (χ4v) is 4.63. The van der Waals surface area contributed by atoms with Crippen molar-refractivity contribution in [2.75, 3.05) is 6.54 Å². The standard InChI is InChI=1S/C24H27F3N2O3/c1-14(30)29-20(9-15-7-17(26)10-18(27)8-15)22(31)13-28-21-12-24(5-2-6-24)32-23-11-16(25)3-4-19(21)23/h3-4,7-8,10-11,20-22,28,31H,2,5-6,9,12-13H2,1H3,(H,29,30)/t20-,21-,22-/m0/s1. The fourth-order valence-electron chi connectivity index (χ4n) is 4.63. The molecule has 1 amide bonds. The van der Waals surface area contributed by atoms with Crippen molar-refractivity contribution >= 4 is 5.91 Å². The first-order valence-corrected chi connectivity index (χ1v) is 10.8. The molecule has 1 spiro atoms. The molecule has 0 aromatic heterocycles. The van der Waals surface area contributed by atoms with Gasteiger partial charge in [-0.1, -0.05) is 6.07 Å². The van der Waals surface area contributed by atoms with Crippen molar-refractivity contribution in [3.63, 3.8) is 0 Å². The third-order valence-electron chi connectivity index (χ3n) is 6.32. The fraction of sp³-hybridized carbons (Fsp3) is 0.458. The molecular formula is C24H27F3N2O3. The molecule has 32 heavy (non-hydrogen) atoms. The zero-order chi connectivity index (χ0) is 22.9. The molecule has 0 radical (unpaired) electrons. The molecule has 172 valence electrons. The number of carbonyl (C=O) groups is 1. The summed E-state index contributed by atoms with van der Waals surface area (Å²) in [4.78, 5) is 11.7. The van der Waals surface area contributed by atoms with E-state index in [1.807, 2.05) is 0 Å². The van der Waals surface area contributed by atoms with Gasteiger partial charge in [0, 0.05) is 43.6 Å². The number of halogens is 3. The molecule has 4 rings (SSSR count). The summed E-state index contributed by atoms with van der Waals surface area (Å²) in [7, 11) is 0. The van der Waals surface area contributed by atoms with Gasteiger partial charge in [0.25, 0.3) is 0 Å². The van der Waals surface area contributed by atoms with Crippen LogP contribution in [0.3, 0.4) is 0 Å². The first-order chi connectivity index (χ1) is 15.2. The highest BCUT2D eigenvalue weighted by atomic mass is 19.1. The van der Waals surface area contributed by atoms with E-state index in [0.29, 0.717) is 17.7 Å². The summed E-state index contributed by atoms with van der Waals surface area (Å²) in [5, 5.41) is 16.8. The van der Waals surface area contributed by atoms with E-state index in [9.17, 15) is 23.1 Å². The minimum atomic E-state index is -1.02. The summed E-state index contributed by atoms with van der Waals surface area (Å²) in [6.07, 6.45) is 2.57. The van der Waals surface area contributed by atoms with Gasteiger partial charge in [-0.15, -0.1) is 0 Å². The van der Waals surface area contributed by atoms with Crippen LogP contribution in [-0.2, 0) is 11.2 Å². The van der Waals surface area contributed by atoms with E-state index < -0.39 is 23.8 Å². The SMILES string of the molecule is CC(=O)N[C@@H](Cc1cc(F)cc(F)c1)[C@@H](O)CN[C@H]1CC2(CCC2)Oc2cc(F)ccc21. The largest absolute Gasteiger partial charge is 0.487 e. The lowest BCUT2D eigenvalue weighted by atomic mass is 9.73. The van der Waals surface area contributed by atoms with E-state index in [1.54, 1.807) is 6.07 Å². The average Bonchev–Trinajstić information content (AvgIpc) is 2.68. The van der Waals surface area contributed by atoms with Crippen LogP contribution in [0.4, 0.5) is 13.2 Å². The number of aliphatic hydroxyl groups is 1. The summed E-state index contributed by atoms with van der Waals surface area (Å²) in [5.41, 5.74) is 0.833. The molecule has 1 fully saturated rings. The van der Waals surface area contributed by atoms with Crippen LogP contribution in [0.25, 0.3) is 0 Å². The van der Waals surface area contributed by atoms with Crippen molar-refractivity contribution in [3.8, 4) is 5.75 Å². The number of rotatable bonds is 7. The molecule has 3 atom stereocenters. The molecule has 3 N–H and O–H groups in total. The van der Waals surface area contributed by atoms with E-state index in [2.05, 4.69) is 10.6 Å². The third kappa shape index (κ3) is 5.07. The second-order valence-corrected chi connectivity index (χ2v) is 8.84. The molecule has 2 aromatic rings. The molecule has 8 heteroatoms. The summed E-state index contributed by atoms with van der Waals surface area (Å²) in [5.74, 6) is -1.65. The first-order valence-electron chi connectivity index (χ1n) is 10.8. The zero-order valence-electron chi connectivity index (χ0n) is 17.8. The van der Waals surface area contributed by atoms with Crippen molar-refractivity contribution < 1.29 is 27.8 Å². The van der Waals surface area contributed by atoms with Crippen molar-refractivity contribution in [2.24, 2.45) is 0 Å². The third-order valence-corrected chi connectivity index (χ3v) is 6.32. The van der Waals surface area contributed by atoms with Crippen LogP contribution >= 0.6 is 0 Å². The number of hydrogen-bond acceptors (Lipinski definition) is 4. The van der Waals surface area contributed by atoms with E-state index >= 15 is 0 Å². The number of aliphatic hydroxyl groups excluding tert-OH is 1. The maximum atomic E-state index is 13.8. The van der Waals surface area contributed by atoms with Gasteiger partial charge in [-0.25, -0.2) is 13.2 Å². The van der Waals surface area contributed by atoms with Crippen molar-refractivity contribution in [3.05, 3.63) is 65.0 Å². The summed E-state index contributed by atoms with van der Waals surface area (Å²) >= 11 is 0. The van der Waals surface area contributed by atoms with E-state index in [0.717, 1.165) is 30.9 Å². The highest BCUT2D eigenvalue weighted by molar-refractivity contribution is 5.73. The van der Waals surface area contributed by atoms with Crippen LogP contribution in [0, 0.1) is 17.5 Å². The Morgan fingerprint density at radius 3 is 2.50 bits per heavy atom. The van der Waals surface area contributed by atoms with Crippen molar-refractivity contribution in [1.29, 1.82) is 0 Å². The molecule has 0 saturated heterocycles. The Hall–Kier alpha value is -2.58. The van der Waals surface area contributed by atoms with Gasteiger partial charge in [0.05, 0.1) is 12.1 Å². The van der Waals surface area contributed by atoms with E-state index in [-0.39, 0.29) is 36.3 Å². The van der Waals surface area contributed by atoms with Gasteiger partial charge in [0.15, 0.2) is 0 Å². The highest BCUT2D eigenvalue weighted by Crippen LogP contribution is 2.48. The van der Waals surface area contributed by atoms with Gasteiger partial charge in [-0.3, -0.25) is 4.79 Å². The minimum absolute atomic E-state index is 0.0661. The van der Waals surface area contributed by atoms with Crippen LogP contribution in [0.1, 0.15) is 49.8 Å². The lowest BCUT2D eigenvalue weighted by molar-refractivity contribution is -0.120. The second kappa shape index (κ2) is 9.11.